The molecule has 9 heteroatoms. The molecule has 2 aliphatic rings. The Bertz CT molecular complexity index is 819. The van der Waals surface area contributed by atoms with Crippen molar-refractivity contribution < 1.29 is 4.79 Å². The van der Waals surface area contributed by atoms with Gasteiger partial charge in [0.05, 0.1) is 10.3 Å². The minimum absolute atomic E-state index is 0. The van der Waals surface area contributed by atoms with Crippen molar-refractivity contribution in [3.05, 3.63) is 29.7 Å². The number of thioether (sulfide) groups is 1. The highest BCUT2D eigenvalue weighted by Crippen LogP contribution is 2.29. The van der Waals surface area contributed by atoms with Gasteiger partial charge in [-0.3, -0.25) is 4.79 Å². The lowest BCUT2D eigenvalue weighted by atomic mass is 9.99. The maximum absolute atomic E-state index is 12.7. The van der Waals surface area contributed by atoms with E-state index in [1.807, 2.05) is 23.4 Å². The maximum Gasteiger partial charge on any atom is 0.259 e. The van der Waals surface area contributed by atoms with E-state index in [1.54, 1.807) is 18.1 Å². The second-order valence-corrected chi connectivity index (χ2v) is 7.93. The fourth-order valence-corrected chi connectivity index (χ4v) is 4.46. The Morgan fingerprint density at radius 2 is 2.30 bits per heavy atom. The summed E-state index contributed by atoms with van der Waals surface area (Å²) in [6.07, 6.45) is 8.90. The van der Waals surface area contributed by atoms with Gasteiger partial charge in [-0.15, -0.1) is 24.2 Å². The first kappa shape index (κ1) is 20.0. The first-order chi connectivity index (χ1) is 12.7. The number of halogens is 1. The van der Waals surface area contributed by atoms with Crippen molar-refractivity contribution in [1.29, 1.82) is 0 Å². The molecule has 1 saturated heterocycles. The molecule has 1 unspecified atom stereocenters. The number of hydrogen-bond acceptors (Lipinski definition) is 6. The summed E-state index contributed by atoms with van der Waals surface area (Å²) in [7, 11) is 0. The fourth-order valence-electron chi connectivity index (χ4n) is 3.56. The Hall–Kier alpha value is -1.77. The quantitative estimate of drug-likeness (QED) is 0.720. The van der Waals surface area contributed by atoms with E-state index in [9.17, 15) is 4.79 Å². The third kappa shape index (κ3) is 4.39. The number of rotatable bonds is 4. The predicted molar refractivity (Wildman–Crippen MR) is 112 cm³/mol. The van der Waals surface area contributed by atoms with Gasteiger partial charge >= 0.3 is 0 Å². The summed E-state index contributed by atoms with van der Waals surface area (Å²) >= 11 is 1.60. The third-order valence-corrected chi connectivity index (χ3v) is 5.99. The zero-order valence-electron chi connectivity index (χ0n) is 15.3. The minimum atomic E-state index is -0.000980. The number of fused-ring (bicyclic) bond motifs is 1. The molecule has 2 atom stereocenters. The van der Waals surface area contributed by atoms with E-state index < -0.39 is 0 Å². The van der Waals surface area contributed by atoms with Gasteiger partial charge in [0.15, 0.2) is 0 Å². The molecule has 7 nitrogen and oxygen atoms in total. The molecule has 3 N–H and O–H groups in total. The van der Waals surface area contributed by atoms with Gasteiger partial charge in [0.2, 0.25) is 0 Å². The lowest BCUT2D eigenvalue weighted by molar-refractivity contribution is -0.117. The second kappa shape index (κ2) is 8.95. The number of nitrogens with zero attached hydrogens (tertiary/aromatic N) is 3. The number of piperidine rings is 1. The highest BCUT2D eigenvalue weighted by Gasteiger charge is 2.25. The monoisotopic (exact) mass is 408 g/mol. The van der Waals surface area contributed by atoms with Gasteiger partial charge < -0.3 is 20.5 Å². The summed E-state index contributed by atoms with van der Waals surface area (Å²) in [5.74, 6) is 1.69. The molecule has 1 amide bonds. The minimum Gasteiger partial charge on any atom is -0.348 e. The van der Waals surface area contributed by atoms with Gasteiger partial charge in [-0.05, 0) is 32.4 Å². The molecule has 1 fully saturated rings. The van der Waals surface area contributed by atoms with E-state index in [4.69, 9.17) is 0 Å². The average Bonchev–Trinajstić information content (AvgIpc) is 3.17. The molecule has 0 spiro atoms. The van der Waals surface area contributed by atoms with Gasteiger partial charge in [-0.25, -0.2) is 9.97 Å². The molecule has 2 aromatic rings. The van der Waals surface area contributed by atoms with E-state index in [0.717, 1.165) is 47.0 Å². The van der Waals surface area contributed by atoms with Crippen LogP contribution in [0.25, 0.3) is 11.0 Å². The van der Waals surface area contributed by atoms with Crippen LogP contribution in [0.5, 0.6) is 0 Å². The van der Waals surface area contributed by atoms with Crippen molar-refractivity contribution in [2.45, 2.75) is 38.3 Å². The Kier molecular flexibility index (Phi) is 6.62. The maximum atomic E-state index is 12.7. The van der Waals surface area contributed by atoms with E-state index in [2.05, 4.69) is 32.5 Å². The Morgan fingerprint density at radius 1 is 1.41 bits per heavy atom. The molecule has 2 aromatic heterocycles. The van der Waals surface area contributed by atoms with Crippen LogP contribution < -0.4 is 15.5 Å². The number of amides is 1. The van der Waals surface area contributed by atoms with Gasteiger partial charge in [-0.2, -0.15) is 0 Å². The lowest BCUT2D eigenvalue weighted by Gasteiger charge is -2.30. The Labute approximate surface area is 169 Å². The molecule has 0 aromatic carbocycles. The Balaban J connectivity index is 0.00000210. The Morgan fingerprint density at radius 3 is 3.11 bits per heavy atom. The lowest BCUT2D eigenvalue weighted by Crippen LogP contribution is -2.50. The topological polar surface area (TPSA) is 85.9 Å². The van der Waals surface area contributed by atoms with Crippen LogP contribution in [0.15, 0.2) is 29.7 Å². The fraction of sp³-hybridized carbons (Fsp3) is 0.500. The number of carbonyl (C=O) groups excluding carboxylic acids is 1. The van der Waals surface area contributed by atoms with Crippen LogP contribution >= 0.6 is 24.2 Å². The normalized spacial score (nSPS) is 21.3. The van der Waals surface area contributed by atoms with Crippen LogP contribution in [-0.4, -0.2) is 51.8 Å². The highest BCUT2D eigenvalue weighted by atomic mass is 35.5. The van der Waals surface area contributed by atoms with Gasteiger partial charge in [-0.1, -0.05) is 6.42 Å². The van der Waals surface area contributed by atoms with Crippen LogP contribution in [0.4, 0.5) is 5.82 Å². The first-order valence-electron chi connectivity index (χ1n) is 9.16. The SMILES string of the molecule is CC(NC(=O)C1=CN(c2ncnc3[nH]ccc23)CCS1)[C@H]1CCCCN1.Cl. The van der Waals surface area contributed by atoms with Gasteiger partial charge in [0.25, 0.3) is 5.91 Å². The standard InChI is InChI=1S/C18H24N6OS.ClH/c1-12(14-4-2-3-6-19-14)23-18(25)15-10-24(8-9-26-15)17-13-5-7-20-16(13)21-11-22-17;/h5,7,10-12,14,19H,2-4,6,8-9H2,1H3,(H,23,25)(H,20,21,22);1H/t12?,14-;/m1./s1. The zero-order valence-corrected chi connectivity index (χ0v) is 16.9. The highest BCUT2D eigenvalue weighted by molar-refractivity contribution is 8.04. The second-order valence-electron chi connectivity index (χ2n) is 6.79. The predicted octanol–water partition coefficient (Wildman–Crippen LogP) is 2.42. The van der Waals surface area contributed by atoms with E-state index in [0.29, 0.717) is 6.04 Å². The molecule has 0 radical (unpaired) electrons. The summed E-state index contributed by atoms with van der Waals surface area (Å²) in [6, 6.07) is 2.45. The van der Waals surface area contributed by atoms with E-state index in [1.165, 1.54) is 12.8 Å². The van der Waals surface area contributed by atoms with Crippen LogP contribution in [0, 0.1) is 0 Å². The number of anilines is 1. The number of H-pyrrole nitrogens is 1. The molecule has 146 valence electrons. The molecule has 0 saturated carbocycles. The summed E-state index contributed by atoms with van der Waals surface area (Å²) in [4.78, 5) is 27.3. The molecular weight excluding hydrogens is 384 g/mol. The van der Waals surface area contributed by atoms with E-state index >= 15 is 0 Å². The molecule has 0 aliphatic carbocycles. The molecule has 0 bridgehead atoms. The average molecular weight is 409 g/mol. The molecule has 4 heterocycles. The van der Waals surface area contributed by atoms with Crippen LogP contribution in [0.3, 0.4) is 0 Å². The number of hydrogen-bond donors (Lipinski definition) is 3. The smallest absolute Gasteiger partial charge is 0.259 e. The van der Waals surface area contributed by atoms with Crippen molar-refractivity contribution in [2.75, 3.05) is 23.7 Å². The summed E-state index contributed by atoms with van der Waals surface area (Å²) in [6.45, 7) is 3.94. The summed E-state index contributed by atoms with van der Waals surface area (Å²) < 4.78 is 0. The van der Waals surface area contributed by atoms with Crippen LogP contribution in [-0.2, 0) is 4.79 Å². The van der Waals surface area contributed by atoms with Crippen molar-refractivity contribution in [3.63, 3.8) is 0 Å². The van der Waals surface area contributed by atoms with Crippen molar-refractivity contribution >= 4 is 46.9 Å². The van der Waals surface area contributed by atoms with Gasteiger partial charge in [0, 0.05) is 36.8 Å². The van der Waals surface area contributed by atoms with Crippen molar-refractivity contribution in [3.8, 4) is 0 Å². The first-order valence-corrected chi connectivity index (χ1v) is 10.1. The molecule has 27 heavy (non-hydrogen) atoms. The molecule has 2 aliphatic heterocycles. The van der Waals surface area contributed by atoms with Gasteiger partial charge in [0.1, 0.15) is 17.8 Å². The van der Waals surface area contributed by atoms with Crippen molar-refractivity contribution in [1.82, 2.24) is 25.6 Å². The molecule has 4 rings (SSSR count). The van der Waals surface area contributed by atoms with Crippen LogP contribution in [0.1, 0.15) is 26.2 Å². The number of carbonyl (C=O) groups is 1. The summed E-state index contributed by atoms with van der Waals surface area (Å²) in [5.41, 5.74) is 0.810. The van der Waals surface area contributed by atoms with Crippen molar-refractivity contribution in [2.24, 2.45) is 0 Å². The van der Waals surface area contributed by atoms with Crippen LogP contribution in [0.2, 0.25) is 0 Å². The zero-order chi connectivity index (χ0) is 17.9. The third-order valence-electron chi connectivity index (χ3n) is 5.00. The largest absolute Gasteiger partial charge is 0.348 e. The molecular formula is C18H25ClN6OS. The van der Waals surface area contributed by atoms with E-state index in [-0.39, 0.29) is 24.4 Å². The number of aromatic nitrogens is 3. The number of nitrogens with one attached hydrogen (secondary N) is 3. The number of aromatic amines is 1. The summed E-state index contributed by atoms with van der Waals surface area (Å²) in [5, 5.41) is 7.64.